The highest BCUT2D eigenvalue weighted by atomic mass is 16.5. The highest BCUT2D eigenvalue weighted by molar-refractivity contribution is 6.03. The average Bonchev–Trinajstić information content (AvgIpc) is 3.04. The molecule has 0 spiro atoms. The average molecular weight is 333 g/mol. The molecule has 0 aliphatic carbocycles. The first kappa shape index (κ1) is 16.5. The van der Waals surface area contributed by atoms with Crippen molar-refractivity contribution in [3.8, 4) is 5.75 Å². The maximum atomic E-state index is 11.6. The summed E-state index contributed by atoms with van der Waals surface area (Å²) in [5.41, 5.74) is 1.25. The Bertz CT molecular complexity index is 891. The Kier molecular flexibility index (Phi) is 4.84. The van der Waals surface area contributed by atoms with E-state index in [2.05, 4.69) is 0 Å². The molecule has 2 aromatic heterocycles. The number of nitrogens with zero attached hydrogens (tertiary/aromatic N) is 1. The van der Waals surface area contributed by atoms with Crippen molar-refractivity contribution in [2.45, 2.75) is 6.54 Å². The molecule has 0 unspecified atom stereocenters. The summed E-state index contributed by atoms with van der Waals surface area (Å²) in [5, 5.41) is 20.0. The lowest BCUT2D eigenvalue weighted by Crippen LogP contribution is -2.29. The summed E-state index contributed by atoms with van der Waals surface area (Å²) in [4.78, 5) is 13.6. The van der Waals surface area contributed by atoms with E-state index in [9.17, 15) is 15.0 Å². The number of furan rings is 1. The second-order valence-electron chi connectivity index (χ2n) is 5.40. The number of aliphatic hydroxyl groups is 2. The molecular formula is C17H19NO6. The molecule has 0 atom stereocenters. The second-order valence-corrected chi connectivity index (χ2v) is 5.40. The van der Waals surface area contributed by atoms with Crippen LogP contribution >= 0.6 is 0 Å². The van der Waals surface area contributed by atoms with Gasteiger partial charge in [-0.05, 0) is 17.7 Å². The Morgan fingerprint density at radius 1 is 1.08 bits per heavy atom. The maximum Gasteiger partial charge on any atom is 0.336 e. The van der Waals surface area contributed by atoms with Crippen molar-refractivity contribution in [2.24, 2.45) is 0 Å². The molecule has 2 N–H and O–H groups in total. The zero-order chi connectivity index (χ0) is 17.1. The number of rotatable bonds is 7. The monoisotopic (exact) mass is 333 g/mol. The molecule has 24 heavy (non-hydrogen) atoms. The van der Waals surface area contributed by atoms with E-state index in [1.807, 2.05) is 11.0 Å². The summed E-state index contributed by atoms with van der Waals surface area (Å²) in [6.07, 6.45) is 1.55. The molecule has 0 saturated carbocycles. The van der Waals surface area contributed by atoms with Gasteiger partial charge in [-0.25, -0.2) is 4.79 Å². The Balaban J connectivity index is 2.24. The van der Waals surface area contributed by atoms with Gasteiger partial charge in [-0.3, -0.25) is 4.90 Å². The van der Waals surface area contributed by atoms with Gasteiger partial charge in [-0.1, -0.05) is 0 Å². The smallest absolute Gasteiger partial charge is 0.336 e. The predicted molar refractivity (Wildman–Crippen MR) is 88.3 cm³/mol. The molecule has 2 heterocycles. The molecule has 0 bridgehead atoms. The summed E-state index contributed by atoms with van der Waals surface area (Å²) < 4.78 is 16.3. The first-order valence-electron chi connectivity index (χ1n) is 7.63. The molecule has 0 aliphatic rings. The number of hydrogen-bond acceptors (Lipinski definition) is 7. The number of fused-ring (bicyclic) bond motifs is 2. The van der Waals surface area contributed by atoms with Gasteiger partial charge in [0.05, 0.1) is 26.6 Å². The largest absolute Gasteiger partial charge is 0.490 e. The van der Waals surface area contributed by atoms with E-state index in [1.165, 1.54) is 13.2 Å². The van der Waals surface area contributed by atoms with Crippen LogP contribution in [0.2, 0.25) is 0 Å². The molecule has 1 aromatic carbocycles. The van der Waals surface area contributed by atoms with Gasteiger partial charge in [-0.15, -0.1) is 0 Å². The lowest BCUT2D eigenvalue weighted by Gasteiger charge is -2.21. The van der Waals surface area contributed by atoms with Gasteiger partial charge in [0.2, 0.25) is 5.75 Å². The zero-order valence-corrected chi connectivity index (χ0v) is 13.3. The van der Waals surface area contributed by atoms with Gasteiger partial charge < -0.3 is 23.8 Å². The Hall–Kier alpha value is -2.35. The highest BCUT2D eigenvalue weighted by Crippen LogP contribution is 2.38. The van der Waals surface area contributed by atoms with E-state index in [-0.39, 0.29) is 13.2 Å². The molecule has 3 aromatic rings. The second kappa shape index (κ2) is 7.04. The van der Waals surface area contributed by atoms with E-state index in [0.29, 0.717) is 36.5 Å². The molecule has 0 saturated heterocycles. The fourth-order valence-corrected chi connectivity index (χ4v) is 2.93. The summed E-state index contributed by atoms with van der Waals surface area (Å²) in [7, 11) is 1.49. The van der Waals surface area contributed by atoms with Crippen LogP contribution in [-0.4, -0.2) is 48.5 Å². The van der Waals surface area contributed by atoms with E-state index >= 15 is 0 Å². The lowest BCUT2D eigenvalue weighted by atomic mass is 10.0. The van der Waals surface area contributed by atoms with E-state index < -0.39 is 5.63 Å². The van der Waals surface area contributed by atoms with Crippen LogP contribution in [0.3, 0.4) is 0 Å². The van der Waals surface area contributed by atoms with Crippen LogP contribution in [0.4, 0.5) is 0 Å². The van der Waals surface area contributed by atoms with E-state index in [1.54, 1.807) is 12.3 Å². The van der Waals surface area contributed by atoms with Crippen molar-refractivity contribution in [1.29, 1.82) is 0 Å². The molecule has 128 valence electrons. The first-order valence-corrected chi connectivity index (χ1v) is 7.63. The van der Waals surface area contributed by atoms with Gasteiger partial charge in [0.15, 0.2) is 11.2 Å². The van der Waals surface area contributed by atoms with Crippen LogP contribution in [0.1, 0.15) is 5.56 Å². The van der Waals surface area contributed by atoms with Gasteiger partial charge in [0.1, 0.15) is 0 Å². The number of ether oxygens (including phenoxy) is 1. The molecular weight excluding hydrogens is 314 g/mol. The molecule has 0 amide bonds. The molecule has 0 fully saturated rings. The summed E-state index contributed by atoms with van der Waals surface area (Å²) in [6, 6.07) is 4.88. The topological polar surface area (TPSA) is 96.3 Å². The Morgan fingerprint density at radius 2 is 1.79 bits per heavy atom. The maximum absolute atomic E-state index is 11.6. The van der Waals surface area contributed by atoms with Crippen molar-refractivity contribution >= 4 is 21.9 Å². The molecule has 7 heteroatoms. The van der Waals surface area contributed by atoms with Gasteiger partial charge in [0, 0.05) is 36.5 Å². The van der Waals surface area contributed by atoms with Crippen molar-refractivity contribution in [1.82, 2.24) is 4.90 Å². The first-order chi connectivity index (χ1) is 11.7. The molecule has 3 rings (SSSR count). The normalized spacial score (nSPS) is 11.7. The van der Waals surface area contributed by atoms with Crippen LogP contribution in [-0.2, 0) is 6.54 Å². The number of hydrogen-bond donors (Lipinski definition) is 2. The zero-order valence-electron chi connectivity index (χ0n) is 13.3. The minimum Gasteiger partial charge on any atom is -0.490 e. The SMILES string of the molecule is COc1c2occc2c(CN(CCO)CCO)c2ccc(=O)oc12. The van der Waals surface area contributed by atoms with Crippen molar-refractivity contribution < 1.29 is 23.8 Å². The van der Waals surface area contributed by atoms with Crippen LogP contribution in [0.5, 0.6) is 5.75 Å². The number of methoxy groups -OCH3 is 1. The van der Waals surface area contributed by atoms with Crippen molar-refractivity contribution in [2.75, 3.05) is 33.4 Å². The lowest BCUT2D eigenvalue weighted by molar-refractivity contribution is 0.156. The third-order valence-electron chi connectivity index (χ3n) is 3.98. The highest BCUT2D eigenvalue weighted by Gasteiger charge is 2.20. The van der Waals surface area contributed by atoms with Gasteiger partial charge in [-0.2, -0.15) is 0 Å². The van der Waals surface area contributed by atoms with Crippen molar-refractivity contribution in [3.63, 3.8) is 0 Å². The number of aliphatic hydroxyl groups excluding tert-OH is 2. The summed E-state index contributed by atoms with van der Waals surface area (Å²) in [6.45, 7) is 1.27. The standard InChI is InChI=1S/C17H19NO6/c1-22-17-15-12(4-9-23-15)13(10-18(5-7-19)6-8-20)11-2-3-14(21)24-16(11)17/h2-4,9,19-20H,5-8,10H2,1H3. The van der Waals surface area contributed by atoms with Crippen LogP contribution in [0.25, 0.3) is 21.9 Å². The number of benzene rings is 1. The van der Waals surface area contributed by atoms with E-state index in [0.717, 1.165) is 16.3 Å². The van der Waals surface area contributed by atoms with Crippen LogP contribution < -0.4 is 10.4 Å². The third-order valence-corrected chi connectivity index (χ3v) is 3.98. The fourth-order valence-electron chi connectivity index (χ4n) is 2.93. The Labute approximate surface area is 137 Å². The molecule has 7 nitrogen and oxygen atoms in total. The predicted octanol–water partition coefficient (Wildman–Crippen LogP) is 1.33. The minimum absolute atomic E-state index is 0.0162. The van der Waals surface area contributed by atoms with E-state index in [4.69, 9.17) is 13.6 Å². The third kappa shape index (κ3) is 2.89. The van der Waals surface area contributed by atoms with Gasteiger partial charge >= 0.3 is 5.63 Å². The van der Waals surface area contributed by atoms with Crippen molar-refractivity contribution in [3.05, 3.63) is 40.4 Å². The summed E-state index contributed by atoms with van der Waals surface area (Å²) in [5.74, 6) is 0.377. The van der Waals surface area contributed by atoms with Crippen LogP contribution in [0.15, 0.2) is 38.1 Å². The molecule has 0 radical (unpaired) electrons. The Morgan fingerprint density at radius 3 is 2.46 bits per heavy atom. The summed E-state index contributed by atoms with van der Waals surface area (Å²) >= 11 is 0. The van der Waals surface area contributed by atoms with Gasteiger partial charge in [0.25, 0.3) is 0 Å². The molecule has 0 aliphatic heterocycles. The minimum atomic E-state index is -0.472. The quantitative estimate of drug-likeness (QED) is 0.630. The fraction of sp³-hybridized carbons (Fsp3) is 0.353. The van der Waals surface area contributed by atoms with Crippen LogP contribution in [0, 0.1) is 0 Å².